The van der Waals surface area contributed by atoms with Crippen molar-refractivity contribution in [2.45, 2.75) is 26.2 Å². The minimum Gasteiger partial charge on any atom is -0.478 e. The van der Waals surface area contributed by atoms with Crippen LogP contribution >= 0.6 is 0 Å². The predicted molar refractivity (Wildman–Crippen MR) is 82.2 cm³/mol. The average molecular weight is 301 g/mol. The molecule has 1 aromatic heterocycles. The zero-order chi connectivity index (χ0) is 16.3. The smallest absolute Gasteiger partial charge is 0.338 e. The molecule has 0 aliphatic carbocycles. The molecule has 0 fully saturated rings. The van der Waals surface area contributed by atoms with Gasteiger partial charge in [0.15, 0.2) is 5.76 Å². The van der Waals surface area contributed by atoms with E-state index in [1.165, 1.54) is 6.07 Å². The Balaban J connectivity index is 2.06. The largest absolute Gasteiger partial charge is 0.478 e. The molecule has 0 saturated carbocycles. The number of hydrogen-bond donors (Lipinski definition) is 2. The maximum Gasteiger partial charge on any atom is 0.338 e. The molecule has 1 aromatic carbocycles. The minimum absolute atomic E-state index is 0.00187. The number of furan rings is 1. The lowest BCUT2D eigenvalue weighted by atomic mass is 9.82. The zero-order valence-electron chi connectivity index (χ0n) is 12.8. The molecule has 0 spiro atoms. The topological polar surface area (TPSA) is 79.5 Å². The van der Waals surface area contributed by atoms with Crippen molar-refractivity contribution >= 4 is 11.9 Å². The number of carbonyl (C=O) groups excluding carboxylic acids is 1. The molecule has 1 heterocycles. The van der Waals surface area contributed by atoms with E-state index < -0.39 is 11.9 Å². The van der Waals surface area contributed by atoms with Crippen LogP contribution in [-0.2, 0) is 5.41 Å². The molecule has 2 rings (SSSR count). The second-order valence-electron chi connectivity index (χ2n) is 5.89. The van der Waals surface area contributed by atoms with Crippen LogP contribution in [0.15, 0.2) is 41.0 Å². The van der Waals surface area contributed by atoms with E-state index in [0.717, 1.165) is 17.4 Å². The number of carboxylic acid groups (broad SMARTS) is 1. The van der Waals surface area contributed by atoms with Gasteiger partial charge in [0.25, 0.3) is 5.91 Å². The van der Waals surface area contributed by atoms with Crippen molar-refractivity contribution in [3.8, 4) is 0 Å². The van der Waals surface area contributed by atoms with Crippen LogP contribution in [-0.4, -0.2) is 23.5 Å². The van der Waals surface area contributed by atoms with Crippen LogP contribution in [0.4, 0.5) is 0 Å². The molecule has 0 atom stereocenters. The van der Waals surface area contributed by atoms with Gasteiger partial charge in [0.2, 0.25) is 0 Å². The highest BCUT2D eigenvalue weighted by Crippen LogP contribution is 2.25. The second-order valence-corrected chi connectivity index (χ2v) is 5.89. The third-order valence-electron chi connectivity index (χ3n) is 3.64. The molecular weight excluding hydrogens is 282 g/mol. The predicted octanol–water partition coefficient (Wildman–Crippen LogP) is 2.99. The number of hydrogen-bond acceptors (Lipinski definition) is 3. The summed E-state index contributed by atoms with van der Waals surface area (Å²) in [5.41, 5.74) is 2.03. The summed E-state index contributed by atoms with van der Waals surface area (Å²) in [5.74, 6) is -1.55. The quantitative estimate of drug-likeness (QED) is 0.889. The molecule has 5 nitrogen and oxygen atoms in total. The normalized spacial score (nSPS) is 11.2. The van der Waals surface area contributed by atoms with Crippen LogP contribution in [0, 0.1) is 6.92 Å². The highest BCUT2D eigenvalue weighted by atomic mass is 16.4. The van der Waals surface area contributed by atoms with Crippen LogP contribution in [0.3, 0.4) is 0 Å². The Morgan fingerprint density at radius 1 is 1.27 bits per heavy atom. The molecule has 0 unspecified atom stereocenters. The third kappa shape index (κ3) is 3.36. The summed E-state index contributed by atoms with van der Waals surface area (Å²) in [6.45, 7) is 6.53. The molecule has 0 aliphatic heterocycles. The van der Waals surface area contributed by atoms with E-state index in [1.54, 1.807) is 0 Å². The van der Waals surface area contributed by atoms with E-state index in [1.807, 2.05) is 45.0 Å². The molecule has 22 heavy (non-hydrogen) atoms. The first-order valence-electron chi connectivity index (χ1n) is 6.97. The zero-order valence-corrected chi connectivity index (χ0v) is 12.8. The van der Waals surface area contributed by atoms with E-state index in [9.17, 15) is 9.59 Å². The van der Waals surface area contributed by atoms with Gasteiger partial charge in [-0.1, -0.05) is 38.1 Å². The average Bonchev–Trinajstić information content (AvgIpc) is 2.95. The van der Waals surface area contributed by atoms with E-state index >= 15 is 0 Å². The summed E-state index contributed by atoms with van der Waals surface area (Å²) in [5, 5.41) is 11.6. The lowest BCUT2D eigenvalue weighted by Gasteiger charge is -2.27. The summed E-state index contributed by atoms with van der Waals surface area (Å²) < 4.78 is 4.99. The molecule has 116 valence electrons. The van der Waals surface area contributed by atoms with Gasteiger partial charge >= 0.3 is 5.97 Å². The van der Waals surface area contributed by atoms with Gasteiger partial charge in [0.05, 0.1) is 5.56 Å². The Morgan fingerprint density at radius 3 is 2.55 bits per heavy atom. The fourth-order valence-electron chi connectivity index (χ4n) is 2.38. The van der Waals surface area contributed by atoms with E-state index in [4.69, 9.17) is 9.52 Å². The number of rotatable bonds is 5. The minimum atomic E-state index is -1.12. The van der Waals surface area contributed by atoms with Crippen LogP contribution in [0.5, 0.6) is 0 Å². The Hall–Kier alpha value is -2.56. The first kappa shape index (κ1) is 15.8. The number of aromatic carboxylic acids is 1. The van der Waals surface area contributed by atoms with Gasteiger partial charge in [-0.15, -0.1) is 0 Å². The molecule has 0 saturated heterocycles. The van der Waals surface area contributed by atoms with Gasteiger partial charge in [-0.25, -0.2) is 4.79 Å². The number of carboxylic acids is 1. The van der Waals surface area contributed by atoms with Crippen molar-refractivity contribution in [1.82, 2.24) is 5.32 Å². The van der Waals surface area contributed by atoms with Crippen molar-refractivity contribution in [2.75, 3.05) is 6.54 Å². The fraction of sp³-hybridized carbons (Fsp3) is 0.294. The highest BCUT2D eigenvalue weighted by Gasteiger charge is 2.24. The first-order valence-corrected chi connectivity index (χ1v) is 6.97. The summed E-state index contributed by atoms with van der Waals surface area (Å²) in [4.78, 5) is 22.8. The molecule has 0 bridgehead atoms. The molecule has 2 aromatic rings. The van der Waals surface area contributed by atoms with Crippen molar-refractivity contribution in [1.29, 1.82) is 0 Å². The Labute approximate surface area is 129 Å². The highest BCUT2D eigenvalue weighted by molar-refractivity contribution is 5.95. The Morgan fingerprint density at radius 2 is 1.95 bits per heavy atom. The van der Waals surface area contributed by atoms with Crippen LogP contribution in [0.1, 0.15) is 45.9 Å². The fourth-order valence-corrected chi connectivity index (χ4v) is 2.38. The molecule has 5 heteroatoms. The van der Waals surface area contributed by atoms with Gasteiger partial charge in [0.1, 0.15) is 6.26 Å². The number of aryl methyl sites for hydroxylation is 1. The lowest BCUT2D eigenvalue weighted by molar-refractivity contribution is 0.0696. The van der Waals surface area contributed by atoms with Gasteiger partial charge in [-0.3, -0.25) is 4.79 Å². The Kier molecular flexibility index (Phi) is 4.35. The number of amides is 1. The first-order chi connectivity index (χ1) is 10.3. The SMILES string of the molecule is Cc1ccccc1C(C)(C)CNC(=O)c1cc(C(=O)O)co1. The summed E-state index contributed by atoms with van der Waals surface area (Å²) >= 11 is 0. The molecule has 1 amide bonds. The number of nitrogens with one attached hydrogen (secondary N) is 1. The van der Waals surface area contributed by atoms with Crippen LogP contribution in [0.25, 0.3) is 0 Å². The molecule has 2 N–H and O–H groups in total. The van der Waals surface area contributed by atoms with Crippen LogP contribution < -0.4 is 5.32 Å². The van der Waals surface area contributed by atoms with E-state index in [0.29, 0.717) is 6.54 Å². The lowest BCUT2D eigenvalue weighted by Crippen LogP contribution is -2.37. The van der Waals surface area contributed by atoms with Gasteiger partial charge in [-0.2, -0.15) is 0 Å². The van der Waals surface area contributed by atoms with Crippen LogP contribution in [0.2, 0.25) is 0 Å². The Bertz CT molecular complexity index is 700. The molecular formula is C17H19NO4. The third-order valence-corrected chi connectivity index (χ3v) is 3.64. The van der Waals surface area contributed by atoms with E-state index in [2.05, 4.69) is 5.32 Å². The number of carbonyl (C=O) groups is 2. The van der Waals surface area contributed by atoms with Gasteiger partial charge in [-0.05, 0) is 18.1 Å². The summed E-state index contributed by atoms with van der Waals surface area (Å²) in [6, 6.07) is 9.24. The van der Waals surface area contributed by atoms with Gasteiger partial charge in [0, 0.05) is 18.0 Å². The van der Waals surface area contributed by atoms with Gasteiger partial charge < -0.3 is 14.8 Å². The van der Waals surface area contributed by atoms with E-state index in [-0.39, 0.29) is 16.7 Å². The summed E-state index contributed by atoms with van der Waals surface area (Å²) in [6.07, 6.45) is 1.06. The van der Waals surface area contributed by atoms with Crippen molar-refractivity contribution in [3.05, 3.63) is 59.0 Å². The number of benzene rings is 1. The maximum atomic E-state index is 12.0. The molecule has 0 radical (unpaired) electrons. The molecule has 0 aliphatic rings. The van der Waals surface area contributed by atoms with Crippen molar-refractivity contribution in [3.63, 3.8) is 0 Å². The van der Waals surface area contributed by atoms with Crippen molar-refractivity contribution in [2.24, 2.45) is 0 Å². The van der Waals surface area contributed by atoms with Crippen molar-refractivity contribution < 1.29 is 19.1 Å². The maximum absolute atomic E-state index is 12.0. The second kappa shape index (κ2) is 6.05. The monoisotopic (exact) mass is 301 g/mol. The summed E-state index contributed by atoms with van der Waals surface area (Å²) in [7, 11) is 0. The standard InChI is InChI=1S/C17H19NO4/c1-11-6-4-5-7-13(11)17(2,3)10-18-15(19)14-8-12(9-22-14)16(20)21/h4-9H,10H2,1-3H3,(H,18,19)(H,20,21).